The van der Waals surface area contributed by atoms with Crippen molar-refractivity contribution in [3.8, 4) is 11.3 Å². The monoisotopic (exact) mass is 289 g/mol. The van der Waals surface area contributed by atoms with Gasteiger partial charge in [-0.1, -0.05) is 18.7 Å². The first-order chi connectivity index (χ1) is 7.09. The molecule has 0 saturated carbocycles. The molecule has 0 unspecified atom stereocenters. The summed E-state index contributed by atoms with van der Waals surface area (Å²) >= 11 is 0. The Morgan fingerprint density at radius 1 is 1.19 bits per heavy atom. The predicted molar refractivity (Wildman–Crippen MR) is 60.5 cm³/mol. The molecule has 1 aromatic carbocycles. The second-order valence-electron chi connectivity index (χ2n) is 3.59. The molecule has 2 N–H and O–H groups in total. The first-order valence-electron chi connectivity index (χ1n) is 4.65. The number of aromatic amines is 2. The van der Waals surface area contributed by atoms with Gasteiger partial charge in [-0.15, -0.1) is 17.2 Å². The second kappa shape index (κ2) is 4.94. The van der Waals surface area contributed by atoms with Crippen molar-refractivity contribution in [3.05, 3.63) is 59.1 Å². The van der Waals surface area contributed by atoms with E-state index in [1.165, 1.54) is 0 Å². The van der Waals surface area contributed by atoms with Gasteiger partial charge in [-0.25, -0.2) is 0 Å². The Morgan fingerprint density at radius 2 is 1.88 bits per heavy atom. The van der Waals surface area contributed by atoms with Crippen molar-refractivity contribution in [2.24, 2.45) is 0 Å². The molecule has 0 atom stereocenters. The van der Waals surface area contributed by atoms with E-state index < -0.39 is 0 Å². The molecule has 1 radical (unpaired) electrons. The van der Waals surface area contributed by atoms with Crippen LogP contribution in [0, 0.1) is 20.8 Å². The third kappa shape index (κ3) is 2.25. The molecular formula is C12H12N2OY-2. The Hall–Kier alpha value is -0.926. The van der Waals surface area contributed by atoms with Crippen LogP contribution in [0.25, 0.3) is 11.3 Å². The minimum absolute atomic E-state index is 0. The van der Waals surface area contributed by atoms with E-state index in [0.29, 0.717) is 11.3 Å². The summed E-state index contributed by atoms with van der Waals surface area (Å²) in [6.07, 6.45) is 0. The van der Waals surface area contributed by atoms with Crippen molar-refractivity contribution in [3.63, 3.8) is 0 Å². The molecule has 0 saturated heterocycles. The van der Waals surface area contributed by atoms with Gasteiger partial charge in [0, 0.05) is 32.7 Å². The molecule has 0 aliphatic heterocycles. The summed E-state index contributed by atoms with van der Waals surface area (Å²) in [7, 11) is 0. The number of hydrogen-bond donors (Lipinski definition) is 2. The zero-order valence-electron chi connectivity index (χ0n) is 9.13. The summed E-state index contributed by atoms with van der Waals surface area (Å²) in [6, 6.07) is 5.89. The predicted octanol–water partition coefficient (Wildman–Crippen LogP) is 2.04. The summed E-state index contributed by atoms with van der Waals surface area (Å²) in [4.78, 5) is 11.2. The van der Waals surface area contributed by atoms with E-state index >= 15 is 0 Å². The van der Waals surface area contributed by atoms with Gasteiger partial charge in [0.2, 0.25) is 0 Å². The molecule has 1 heterocycles. The average Bonchev–Trinajstić information content (AvgIpc) is 2.49. The topological polar surface area (TPSA) is 48.6 Å². The number of H-pyrrole nitrogens is 2. The summed E-state index contributed by atoms with van der Waals surface area (Å²) < 4.78 is 0. The van der Waals surface area contributed by atoms with Crippen LogP contribution in [-0.2, 0) is 32.7 Å². The van der Waals surface area contributed by atoms with Crippen LogP contribution >= 0.6 is 0 Å². The maximum absolute atomic E-state index is 11.2. The van der Waals surface area contributed by atoms with E-state index in [0.717, 1.165) is 16.7 Å². The minimum atomic E-state index is -0.190. The van der Waals surface area contributed by atoms with Crippen LogP contribution in [-0.4, -0.2) is 10.2 Å². The molecule has 0 fully saturated rings. The molecule has 0 spiro atoms. The molecule has 4 heteroatoms. The molecule has 1 aromatic heterocycles. The fraction of sp³-hybridized carbons (Fsp3) is 0.0833. The number of nitrogens with one attached hydrogen (secondary N) is 2. The van der Waals surface area contributed by atoms with Crippen molar-refractivity contribution < 1.29 is 32.7 Å². The molecule has 81 valence electrons. The zero-order chi connectivity index (χ0) is 11.0. The van der Waals surface area contributed by atoms with Crippen LogP contribution in [0.1, 0.15) is 16.7 Å². The van der Waals surface area contributed by atoms with Gasteiger partial charge < -0.3 is 15.0 Å². The average molecular weight is 289 g/mol. The van der Waals surface area contributed by atoms with Crippen LogP contribution in [0.2, 0.25) is 0 Å². The third-order valence-corrected chi connectivity index (χ3v) is 2.41. The number of aryl methyl sites for hydroxylation is 1. The summed E-state index contributed by atoms with van der Waals surface area (Å²) in [6.45, 7) is 9.66. The largest absolute Gasteiger partial charge is 0.373 e. The Kier molecular flexibility index (Phi) is 4.05. The van der Waals surface area contributed by atoms with Crippen LogP contribution in [0.15, 0.2) is 23.0 Å². The number of aromatic nitrogens is 2. The van der Waals surface area contributed by atoms with Crippen LogP contribution in [0.5, 0.6) is 0 Å². The van der Waals surface area contributed by atoms with Gasteiger partial charge >= 0.3 is 0 Å². The molecule has 16 heavy (non-hydrogen) atoms. The summed E-state index contributed by atoms with van der Waals surface area (Å²) in [5, 5.41) is 5.32. The molecule has 0 aliphatic carbocycles. The fourth-order valence-corrected chi connectivity index (χ4v) is 1.58. The zero-order valence-corrected chi connectivity index (χ0v) is 12.0. The maximum Gasteiger partial charge on any atom is 0.153 e. The van der Waals surface area contributed by atoms with Crippen LogP contribution < -0.4 is 5.56 Å². The molecular weight excluding hydrogens is 277 g/mol. The normalized spacial score (nSPS) is 9.81. The number of hydrogen-bond acceptors (Lipinski definition) is 1. The van der Waals surface area contributed by atoms with E-state index in [9.17, 15) is 4.79 Å². The fourth-order valence-electron chi connectivity index (χ4n) is 1.58. The third-order valence-electron chi connectivity index (χ3n) is 2.41. The van der Waals surface area contributed by atoms with Gasteiger partial charge in [0.1, 0.15) is 0 Å². The van der Waals surface area contributed by atoms with Gasteiger partial charge in [-0.05, 0) is 0 Å². The standard InChI is InChI=1S/C12H12N2O.Y/c1-7-4-5-10(8(2)6-7)11-9(3)12(15)14-13-11;/h4-6H,2-3H2,1H3,(H2,13,14,15);/q-2;. The van der Waals surface area contributed by atoms with E-state index in [1.54, 1.807) is 0 Å². The second-order valence-corrected chi connectivity index (χ2v) is 3.59. The summed E-state index contributed by atoms with van der Waals surface area (Å²) in [5.74, 6) is 0. The van der Waals surface area contributed by atoms with Gasteiger partial charge in [0.05, 0.1) is 0 Å². The van der Waals surface area contributed by atoms with Crippen LogP contribution in [0.4, 0.5) is 0 Å². The van der Waals surface area contributed by atoms with Gasteiger partial charge in [-0.3, -0.25) is 0 Å². The Morgan fingerprint density at radius 3 is 2.38 bits per heavy atom. The molecule has 2 rings (SSSR count). The Balaban J connectivity index is 0.00000128. The SMILES string of the molecule is [CH2-]c1cc(C)ccc1-c1[nH][nH]c(=O)c1[CH2-].[Y]. The van der Waals surface area contributed by atoms with Crippen molar-refractivity contribution in [2.45, 2.75) is 6.92 Å². The quantitative estimate of drug-likeness (QED) is 0.775. The minimum Gasteiger partial charge on any atom is -0.373 e. The molecule has 2 aromatic rings. The molecule has 0 amide bonds. The van der Waals surface area contributed by atoms with Crippen molar-refractivity contribution >= 4 is 0 Å². The number of rotatable bonds is 1. The van der Waals surface area contributed by atoms with E-state index in [2.05, 4.69) is 24.0 Å². The Labute approximate surface area is 120 Å². The van der Waals surface area contributed by atoms with Gasteiger partial charge in [0.15, 0.2) is 5.56 Å². The van der Waals surface area contributed by atoms with E-state index in [-0.39, 0.29) is 38.3 Å². The maximum atomic E-state index is 11.2. The number of benzene rings is 1. The van der Waals surface area contributed by atoms with Crippen molar-refractivity contribution in [1.82, 2.24) is 10.2 Å². The van der Waals surface area contributed by atoms with Gasteiger partial charge in [-0.2, -0.15) is 31.0 Å². The molecule has 3 nitrogen and oxygen atoms in total. The van der Waals surface area contributed by atoms with E-state index in [4.69, 9.17) is 0 Å². The first-order valence-corrected chi connectivity index (χ1v) is 4.65. The van der Waals surface area contributed by atoms with Crippen molar-refractivity contribution in [2.75, 3.05) is 0 Å². The first kappa shape index (κ1) is 13.1. The Bertz CT molecular complexity index is 554. The molecule has 0 bridgehead atoms. The van der Waals surface area contributed by atoms with E-state index in [1.807, 2.05) is 25.1 Å². The van der Waals surface area contributed by atoms with Crippen molar-refractivity contribution in [1.29, 1.82) is 0 Å². The summed E-state index contributed by atoms with van der Waals surface area (Å²) in [5.41, 5.74) is 3.91. The molecule has 0 aliphatic rings. The van der Waals surface area contributed by atoms with Crippen LogP contribution in [0.3, 0.4) is 0 Å². The van der Waals surface area contributed by atoms with Gasteiger partial charge in [0.25, 0.3) is 0 Å². The smallest absolute Gasteiger partial charge is 0.153 e.